The van der Waals surface area contributed by atoms with Gasteiger partial charge in [-0.25, -0.2) is 0 Å². The van der Waals surface area contributed by atoms with E-state index in [0.29, 0.717) is 19.0 Å². The molecule has 0 spiro atoms. The van der Waals surface area contributed by atoms with Gasteiger partial charge in [0.25, 0.3) is 0 Å². The quantitative estimate of drug-likeness (QED) is 0.465. The van der Waals surface area contributed by atoms with Gasteiger partial charge in [0.1, 0.15) is 0 Å². The van der Waals surface area contributed by atoms with Crippen molar-refractivity contribution in [3.63, 3.8) is 0 Å². The van der Waals surface area contributed by atoms with Crippen LogP contribution in [0.1, 0.15) is 33.6 Å². The molecule has 1 saturated heterocycles. The van der Waals surface area contributed by atoms with Gasteiger partial charge >= 0.3 is 0 Å². The Morgan fingerprint density at radius 1 is 1.35 bits per heavy atom. The van der Waals surface area contributed by atoms with Gasteiger partial charge in [0, 0.05) is 48.3 Å². The molecule has 1 unspecified atom stereocenters. The molecule has 1 aromatic carbocycles. The minimum Gasteiger partial charge on any atom is -0.369 e. The summed E-state index contributed by atoms with van der Waals surface area (Å²) in [4.78, 5) is 18.7. The van der Waals surface area contributed by atoms with E-state index < -0.39 is 0 Å². The smallest absolute Gasteiger partial charge is 0.222 e. The van der Waals surface area contributed by atoms with Crippen molar-refractivity contribution in [1.29, 1.82) is 0 Å². The Morgan fingerprint density at radius 2 is 2.08 bits per heavy atom. The highest BCUT2D eigenvalue weighted by atomic mass is 79.9. The summed E-state index contributed by atoms with van der Waals surface area (Å²) in [5.41, 5.74) is 1.24. The standard InChI is InChI=1S/C19H30BrN5O/c1-4-21-19(22-11-9-18(26)23-14(2)3)24-16-10-12-25(13-16)17-7-5-15(20)6-8-17/h5-8,14,16H,4,9-13H2,1-3H3,(H,23,26)(H2,21,22,24). The third-order valence-corrected chi connectivity index (χ3v) is 4.65. The first-order valence-electron chi connectivity index (χ1n) is 9.32. The molecular formula is C19H30BrN5O. The number of amides is 1. The predicted octanol–water partition coefficient (Wildman–Crippen LogP) is 2.50. The van der Waals surface area contributed by atoms with E-state index in [0.717, 1.165) is 36.5 Å². The molecule has 0 bridgehead atoms. The Labute approximate surface area is 165 Å². The molecule has 7 heteroatoms. The van der Waals surface area contributed by atoms with Crippen molar-refractivity contribution in [2.45, 2.75) is 45.7 Å². The van der Waals surface area contributed by atoms with Crippen LogP contribution in [0.5, 0.6) is 0 Å². The summed E-state index contributed by atoms with van der Waals surface area (Å²) in [7, 11) is 0. The number of nitrogens with zero attached hydrogens (tertiary/aromatic N) is 2. The lowest BCUT2D eigenvalue weighted by Gasteiger charge is -2.20. The summed E-state index contributed by atoms with van der Waals surface area (Å²) in [6.07, 6.45) is 1.47. The summed E-state index contributed by atoms with van der Waals surface area (Å²) >= 11 is 3.48. The lowest BCUT2D eigenvalue weighted by molar-refractivity contribution is -0.121. The molecule has 6 nitrogen and oxygen atoms in total. The summed E-state index contributed by atoms with van der Waals surface area (Å²) < 4.78 is 1.10. The van der Waals surface area contributed by atoms with Gasteiger partial charge in [0.15, 0.2) is 5.96 Å². The van der Waals surface area contributed by atoms with Crippen LogP contribution < -0.4 is 20.9 Å². The van der Waals surface area contributed by atoms with Crippen LogP contribution in [-0.2, 0) is 4.79 Å². The minimum absolute atomic E-state index is 0.0434. The average molecular weight is 424 g/mol. The number of hydrogen-bond acceptors (Lipinski definition) is 3. The minimum atomic E-state index is 0.0434. The predicted molar refractivity (Wildman–Crippen MR) is 112 cm³/mol. The molecule has 1 aromatic rings. The molecule has 1 heterocycles. The molecule has 1 aliphatic rings. The van der Waals surface area contributed by atoms with Crippen LogP contribution >= 0.6 is 15.9 Å². The Kier molecular flexibility index (Phi) is 8.22. The highest BCUT2D eigenvalue weighted by Crippen LogP contribution is 2.22. The van der Waals surface area contributed by atoms with Crippen molar-refractivity contribution >= 4 is 33.5 Å². The fourth-order valence-corrected chi connectivity index (χ4v) is 3.21. The SMILES string of the molecule is CCNC(=NCCC(=O)NC(C)C)NC1CCN(c2ccc(Br)cc2)C1. The van der Waals surface area contributed by atoms with Gasteiger partial charge in [-0.3, -0.25) is 9.79 Å². The molecule has 0 radical (unpaired) electrons. The van der Waals surface area contributed by atoms with Gasteiger partial charge in [0.05, 0.1) is 6.54 Å². The maximum Gasteiger partial charge on any atom is 0.222 e. The molecule has 3 N–H and O–H groups in total. The molecular weight excluding hydrogens is 394 g/mol. The van der Waals surface area contributed by atoms with Crippen LogP contribution in [0.4, 0.5) is 5.69 Å². The fourth-order valence-electron chi connectivity index (χ4n) is 2.94. The van der Waals surface area contributed by atoms with E-state index >= 15 is 0 Å². The van der Waals surface area contributed by atoms with Gasteiger partial charge in [-0.05, 0) is 51.5 Å². The van der Waals surface area contributed by atoms with E-state index in [1.807, 2.05) is 20.8 Å². The van der Waals surface area contributed by atoms with E-state index in [-0.39, 0.29) is 11.9 Å². The first-order chi connectivity index (χ1) is 12.5. The molecule has 26 heavy (non-hydrogen) atoms. The summed E-state index contributed by atoms with van der Waals surface area (Å²) in [6.45, 7) is 9.22. The third-order valence-electron chi connectivity index (χ3n) is 4.12. The number of carbonyl (C=O) groups excluding carboxylic acids is 1. The number of nitrogens with one attached hydrogen (secondary N) is 3. The van der Waals surface area contributed by atoms with Gasteiger partial charge in [0.2, 0.25) is 5.91 Å². The second kappa shape index (κ2) is 10.4. The van der Waals surface area contributed by atoms with Gasteiger partial charge in [-0.15, -0.1) is 0 Å². The molecule has 1 atom stereocenters. The Hall–Kier alpha value is -1.76. The van der Waals surface area contributed by atoms with Gasteiger partial charge in [-0.1, -0.05) is 15.9 Å². The number of hydrogen-bond donors (Lipinski definition) is 3. The third kappa shape index (κ3) is 6.86. The molecule has 0 aromatic heterocycles. The number of benzene rings is 1. The summed E-state index contributed by atoms with van der Waals surface area (Å²) in [6, 6.07) is 8.94. The molecule has 0 aliphatic carbocycles. The van der Waals surface area contributed by atoms with Crippen LogP contribution in [0, 0.1) is 0 Å². The molecule has 144 valence electrons. The van der Waals surface area contributed by atoms with E-state index in [2.05, 4.69) is 66.0 Å². The zero-order chi connectivity index (χ0) is 18.9. The number of guanidine groups is 1. The van der Waals surface area contributed by atoms with Crippen LogP contribution in [0.15, 0.2) is 33.7 Å². The van der Waals surface area contributed by atoms with E-state index in [1.54, 1.807) is 0 Å². The first kappa shape index (κ1) is 20.6. The van der Waals surface area contributed by atoms with Crippen molar-refractivity contribution < 1.29 is 4.79 Å². The maximum atomic E-state index is 11.7. The van der Waals surface area contributed by atoms with Crippen LogP contribution in [0.3, 0.4) is 0 Å². The largest absolute Gasteiger partial charge is 0.369 e. The second-order valence-corrected chi connectivity index (χ2v) is 7.70. The zero-order valence-electron chi connectivity index (χ0n) is 15.9. The number of rotatable bonds is 7. The van der Waals surface area contributed by atoms with Crippen molar-refractivity contribution in [2.75, 3.05) is 31.1 Å². The van der Waals surface area contributed by atoms with Gasteiger partial charge in [-0.2, -0.15) is 0 Å². The average Bonchev–Trinajstić information content (AvgIpc) is 3.03. The number of anilines is 1. The second-order valence-electron chi connectivity index (χ2n) is 6.79. The first-order valence-corrected chi connectivity index (χ1v) is 10.1. The highest BCUT2D eigenvalue weighted by molar-refractivity contribution is 9.10. The van der Waals surface area contributed by atoms with Gasteiger partial charge < -0.3 is 20.9 Å². The van der Waals surface area contributed by atoms with E-state index in [4.69, 9.17) is 0 Å². The summed E-state index contributed by atoms with van der Waals surface area (Å²) in [5.74, 6) is 0.828. The van der Waals surface area contributed by atoms with Crippen LogP contribution in [-0.4, -0.2) is 50.1 Å². The number of halogens is 1. The summed E-state index contributed by atoms with van der Waals surface area (Å²) in [5, 5.41) is 9.66. The van der Waals surface area contributed by atoms with Crippen molar-refractivity contribution in [3.05, 3.63) is 28.7 Å². The molecule has 2 rings (SSSR count). The topological polar surface area (TPSA) is 68.8 Å². The fraction of sp³-hybridized carbons (Fsp3) is 0.579. The molecule has 1 aliphatic heterocycles. The van der Waals surface area contributed by atoms with Crippen LogP contribution in [0.25, 0.3) is 0 Å². The van der Waals surface area contributed by atoms with Crippen molar-refractivity contribution in [3.8, 4) is 0 Å². The molecule has 1 fully saturated rings. The monoisotopic (exact) mass is 423 g/mol. The molecule has 1 amide bonds. The van der Waals surface area contributed by atoms with E-state index in [1.165, 1.54) is 5.69 Å². The normalized spacial score (nSPS) is 17.5. The number of aliphatic imine (C=N–C) groups is 1. The Bertz CT molecular complexity index is 602. The Morgan fingerprint density at radius 3 is 2.73 bits per heavy atom. The maximum absolute atomic E-state index is 11.7. The lowest BCUT2D eigenvalue weighted by Crippen LogP contribution is -2.44. The lowest BCUT2D eigenvalue weighted by atomic mass is 10.2. The molecule has 0 saturated carbocycles. The van der Waals surface area contributed by atoms with Crippen molar-refractivity contribution in [2.24, 2.45) is 4.99 Å². The number of carbonyl (C=O) groups is 1. The van der Waals surface area contributed by atoms with Crippen molar-refractivity contribution in [1.82, 2.24) is 16.0 Å². The zero-order valence-corrected chi connectivity index (χ0v) is 17.5. The highest BCUT2D eigenvalue weighted by Gasteiger charge is 2.23. The van der Waals surface area contributed by atoms with E-state index in [9.17, 15) is 4.79 Å². The Balaban J connectivity index is 1.84. The van der Waals surface area contributed by atoms with Crippen LogP contribution in [0.2, 0.25) is 0 Å².